The van der Waals surface area contributed by atoms with Crippen molar-refractivity contribution in [3.63, 3.8) is 0 Å². The van der Waals surface area contributed by atoms with Crippen LogP contribution in [0.1, 0.15) is 58.3 Å². The van der Waals surface area contributed by atoms with Crippen LogP contribution in [-0.4, -0.2) is 42.7 Å². The fourth-order valence-electron chi connectivity index (χ4n) is 4.00. The molecule has 0 spiro atoms. The number of hydrogen-bond acceptors (Lipinski definition) is 2. The van der Waals surface area contributed by atoms with E-state index in [1.165, 1.54) is 51.4 Å². The number of hydrogen-bond donors (Lipinski definition) is 0. The molecule has 2 rings (SSSR count). The quantitative estimate of drug-likeness (QED) is 0.552. The smallest absolute Gasteiger partial charge is 0.0717 e. The Labute approximate surface area is 135 Å². The molecule has 2 nitrogen and oxygen atoms in total. The summed E-state index contributed by atoms with van der Waals surface area (Å²) in [7, 11) is -0.424. The molecule has 21 heavy (non-hydrogen) atoms. The van der Waals surface area contributed by atoms with E-state index in [4.69, 9.17) is 9.47 Å². The third-order valence-corrected chi connectivity index (χ3v) is 9.56. The van der Waals surface area contributed by atoms with Crippen LogP contribution >= 0.6 is 0 Å². The lowest BCUT2D eigenvalue weighted by Gasteiger charge is -2.42. The van der Waals surface area contributed by atoms with E-state index in [1.807, 2.05) is 0 Å². The van der Waals surface area contributed by atoms with Gasteiger partial charge in [-0.25, -0.2) is 0 Å². The summed E-state index contributed by atoms with van der Waals surface area (Å²) >= 11 is 0. The topological polar surface area (TPSA) is 18.5 Å². The van der Waals surface area contributed by atoms with Crippen molar-refractivity contribution in [2.24, 2.45) is 0 Å². The van der Waals surface area contributed by atoms with Gasteiger partial charge >= 0.3 is 0 Å². The first-order chi connectivity index (χ1) is 10.2. The molecule has 0 N–H and O–H groups in total. The van der Waals surface area contributed by atoms with Gasteiger partial charge in [0.25, 0.3) is 0 Å². The molecular formula is C17H34O2Si2. The summed E-state index contributed by atoms with van der Waals surface area (Å²) in [6.45, 7) is 9.10. The Morgan fingerprint density at radius 3 is 2.19 bits per heavy atom. The maximum atomic E-state index is 6.41. The Hall–Kier alpha value is 0.0938. The minimum atomic E-state index is -0.217. The highest BCUT2D eigenvalue weighted by atomic mass is 28.2. The van der Waals surface area contributed by atoms with E-state index in [0.717, 1.165) is 13.2 Å². The predicted octanol–water partition coefficient (Wildman–Crippen LogP) is 2.94. The van der Waals surface area contributed by atoms with Gasteiger partial charge in [0.1, 0.15) is 0 Å². The summed E-state index contributed by atoms with van der Waals surface area (Å²) in [5, 5.41) is 0.297. The van der Waals surface area contributed by atoms with Crippen LogP contribution in [0.2, 0.25) is 13.1 Å². The van der Waals surface area contributed by atoms with Crippen LogP contribution in [0.15, 0.2) is 11.6 Å². The Morgan fingerprint density at radius 2 is 1.71 bits per heavy atom. The zero-order valence-corrected chi connectivity index (χ0v) is 17.2. The van der Waals surface area contributed by atoms with Gasteiger partial charge in [-0.3, -0.25) is 0 Å². The van der Waals surface area contributed by atoms with E-state index < -0.39 is 0 Å². The first-order valence-electron chi connectivity index (χ1n) is 9.20. The van der Waals surface area contributed by atoms with Gasteiger partial charge in [-0.15, -0.1) is 0 Å². The normalized spacial score (nSPS) is 36.0. The molecule has 4 heteroatoms. The van der Waals surface area contributed by atoms with E-state index in [9.17, 15) is 0 Å². The molecule has 0 bridgehead atoms. The summed E-state index contributed by atoms with van der Waals surface area (Å²) in [6.07, 6.45) is 12.7. The van der Waals surface area contributed by atoms with Gasteiger partial charge in [-0.1, -0.05) is 32.5 Å². The zero-order chi connectivity index (χ0) is 15.2. The van der Waals surface area contributed by atoms with Crippen LogP contribution in [0.5, 0.6) is 0 Å². The third kappa shape index (κ3) is 4.09. The lowest BCUT2D eigenvalue weighted by molar-refractivity contribution is -0.00640. The van der Waals surface area contributed by atoms with E-state index in [-0.39, 0.29) is 29.5 Å². The first kappa shape index (κ1) is 17.4. The molecule has 2 fully saturated rings. The standard InChI is InChI=1S/C17H34O2Si2/c1-4-9-15(17(21-3)11-6-8-13-19-17)14-16(20-2)10-5-7-12-18-16/h14H,4-13,20-21H2,1-3H3. The van der Waals surface area contributed by atoms with E-state index in [1.54, 1.807) is 5.57 Å². The molecule has 122 valence electrons. The second-order valence-corrected chi connectivity index (χ2v) is 10.6. The SMILES string of the molecule is CCCC(=CC1([SiH2]C)CCCCO1)C1([SiH2]C)CCCCO1. The van der Waals surface area contributed by atoms with Gasteiger partial charge in [0.2, 0.25) is 0 Å². The third-order valence-electron chi connectivity index (χ3n) is 5.45. The molecule has 2 aliphatic rings. The van der Waals surface area contributed by atoms with Crippen molar-refractivity contribution in [1.29, 1.82) is 0 Å². The van der Waals surface area contributed by atoms with Crippen LogP contribution in [0.3, 0.4) is 0 Å². The van der Waals surface area contributed by atoms with Crippen molar-refractivity contribution >= 4 is 19.0 Å². The second kappa shape index (κ2) is 8.09. The molecule has 2 unspecified atom stereocenters. The summed E-state index contributed by atoms with van der Waals surface area (Å²) in [4.78, 5) is 0. The molecular weight excluding hydrogens is 292 g/mol. The molecule has 2 heterocycles. The van der Waals surface area contributed by atoms with Gasteiger partial charge in [0.15, 0.2) is 0 Å². The second-order valence-electron chi connectivity index (χ2n) is 6.80. The fraction of sp³-hybridized carbons (Fsp3) is 0.882. The number of ether oxygens (including phenoxy) is 2. The fourth-order valence-corrected chi connectivity index (χ4v) is 7.09. The molecule has 0 aromatic carbocycles. The maximum absolute atomic E-state index is 6.41. The summed E-state index contributed by atoms with van der Waals surface area (Å²) in [6, 6.07) is 0. The zero-order valence-electron chi connectivity index (χ0n) is 14.4. The van der Waals surface area contributed by atoms with Gasteiger partial charge in [-0.2, -0.15) is 0 Å². The van der Waals surface area contributed by atoms with Gasteiger partial charge in [0, 0.05) is 13.2 Å². The molecule has 0 aromatic heterocycles. The molecule has 2 saturated heterocycles. The summed E-state index contributed by atoms with van der Waals surface area (Å²) < 4.78 is 12.7. The van der Waals surface area contributed by atoms with E-state index in [2.05, 4.69) is 26.1 Å². The highest BCUT2D eigenvalue weighted by molar-refractivity contribution is 6.40. The molecule has 2 atom stereocenters. The monoisotopic (exact) mass is 326 g/mol. The molecule has 0 aromatic rings. The Kier molecular flexibility index (Phi) is 6.72. The predicted molar refractivity (Wildman–Crippen MR) is 96.9 cm³/mol. The van der Waals surface area contributed by atoms with Gasteiger partial charge in [-0.05, 0) is 50.5 Å². The first-order valence-corrected chi connectivity index (χ1v) is 13.4. The lowest BCUT2D eigenvalue weighted by atomic mass is 9.93. The minimum absolute atomic E-state index is 0.139. The van der Waals surface area contributed by atoms with Gasteiger partial charge < -0.3 is 9.47 Å². The summed E-state index contributed by atoms with van der Waals surface area (Å²) in [5.41, 5.74) is 1.62. The molecule has 0 saturated carbocycles. The minimum Gasteiger partial charge on any atom is -0.375 e. The van der Waals surface area contributed by atoms with Gasteiger partial charge in [0.05, 0.1) is 29.5 Å². The molecule has 0 aliphatic carbocycles. The lowest BCUT2D eigenvalue weighted by Crippen LogP contribution is -2.46. The van der Waals surface area contributed by atoms with Crippen LogP contribution in [-0.2, 0) is 9.47 Å². The largest absolute Gasteiger partial charge is 0.375 e. The van der Waals surface area contributed by atoms with E-state index >= 15 is 0 Å². The number of rotatable bonds is 6. The molecule has 0 radical (unpaired) electrons. The van der Waals surface area contributed by atoms with Crippen molar-refractivity contribution in [3.8, 4) is 0 Å². The van der Waals surface area contributed by atoms with Crippen molar-refractivity contribution in [2.75, 3.05) is 13.2 Å². The van der Waals surface area contributed by atoms with Crippen LogP contribution in [0, 0.1) is 0 Å². The Morgan fingerprint density at radius 1 is 1.00 bits per heavy atom. The highest BCUT2D eigenvalue weighted by Gasteiger charge is 2.38. The van der Waals surface area contributed by atoms with Crippen molar-refractivity contribution in [1.82, 2.24) is 0 Å². The van der Waals surface area contributed by atoms with Crippen molar-refractivity contribution in [2.45, 2.75) is 81.8 Å². The van der Waals surface area contributed by atoms with E-state index in [0.29, 0.717) is 0 Å². The maximum Gasteiger partial charge on any atom is 0.0717 e. The Balaban J connectivity index is 2.28. The average Bonchev–Trinajstić information content (AvgIpc) is 2.56. The van der Waals surface area contributed by atoms with Crippen LogP contribution < -0.4 is 0 Å². The molecule has 2 aliphatic heterocycles. The van der Waals surface area contributed by atoms with Crippen molar-refractivity contribution in [3.05, 3.63) is 11.6 Å². The summed E-state index contributed by atoms with van der Waals surface area (Å²) in [5.74, 6) is 0. The Bertz CT molecular complexity index is 343. The highest BCUT2D eigenvalue weighted by Crippen LogP contribution is 2.37. The van der Waals surface area contributed by atoms with Crippen LogP contribution in [0.25, 0.3) is 0 Å². The molecule has 0 amide bonds. The van der Waals surface area contributed by atoms with Crippen LogP contribution in [0.4, 0.5) is 0 Å². The average molecular weight is 327 g/mol. The van der Waals surface area contributed by atoms with Crippen molar-refractivity contribution < 1.29 is 9.47 Å².